The molecule has 0 radical (unpaired) electrons. The second-order valence-electron chi connectivity index (χ2n) is 3.62. The number of methoxy groups -OCH3 is 1. The summed E-state index contributed by atoms with van der Waals surface area (Å²) >= 11 is 3.29. The summed E-state index contributed by atoms with van der Waals surface area (Å²) in [6.45, 7) is 1.75. The van der Waals surface area contributed by atoms with Crippen molar-refractivity contribution in [2.24, 2.45) is 0 Å². The third kappa shape index (κ3) is 2.10. The predicted molar refractivity (Wildman–Crippen MR) is 67.2 cm³/mol. The van der Waals surface area contributed by atoms with Gasteiger partial charge in [-0.05, 0) is 19.1 Å². The number of hydrogen-bond acceptors (Lipinski definition) is 4. The normalized spacial score (nSPS) is 10.5. The fraction of sp³-hybridized carbons (Fsp3) is 0.167. The zero-order valence-electron chi connectivity index (χ0n) is 9.32. The predicted octanol–water partition coefficient (Wildman–Crippen LogP) is 2.80. The van der Waals surface area contributed by atoms with Gasteiger partial charge in [0.2, 0.25) is 0 Å². The van der Waals surface area contributed by atoms with Crippen LogP contribution in [0.5, 0.6) is 5.75 Å². The maximum absolute atomic E-state index is 11.6. The van der Waals surface area contributed by atoms with Crippen molar-refractivity contribution in [3.63, 3.8) is 0 Å². The van der Waals surface area contributed by atoms with Gasteiger partial charge in [-0.2, -0.15) is 0 Å². The molecule has 2 rings (SSSR count). The molecular formula is C12H10BrNO3. The van der Waals surface area contributed by atoms with Gasteiger partial charge in [0, 0.05) is 21.6 Å². The highest BCUT2D eigenvalue weighted by atomic mass is 79.9. The molecule has 1 aromatic carbocycles. The summed E-state index contributed by atoms with van der Waals surface area (Å²) in [4.78, 5) is 15.9. The fourth-order valence-electron chi connectivity index (χ4n) is 1.66. The number of halogens is 1. The molecule has 0 saturated carbocycles. The summed E-state index contributed by atoms with van der Waals surface area (Å²) < 4.78 is 5.38. The van der Waals surface area contributed by atoms with Gasteiger partial charge in [0.25, 0.3) is 0 Å². The summed E-state index contributed by atoms with van der Waals surface area (Å²) in [5, 5.41) is 10.4. The van der Waals surface area contributed by atoms with Crippen molar-refractivity contribution in [2.75, 3.05) is 7.11 Å². The lowest BCUT2D eigenvalue weighted by Gasteiger charge is -2.07. The number of pyridine rings is 1. The smallest absolute Gasteiger partial charge is 0.340 e. The number of rotatable bonds is 1. The number of aryl methyl sites for hydroxylation is 1. The average Bonchev–Trinajstić information content (AvgIpc) is 2.28. The van der Waals surface area contributed by atoms with E-state index in [1.807, 2.05) is 0 Å². The van der Waals surface area contributed by atoms with Crippen LogP contribution in [0.1, 0.15) is 16.1 Å². The second-order valence-corrected chi connectivity index (χ2v) is 4.54. The van der Waals surface area contributed by atoms with E-state index in [1.54, 1.807) is 25.1 Å². The van der Waals surface area contributed by atoms with Gasteiger partial charge in [-0.3, -0.25) is 4.98 Å². The molecule has 4 nitrogen and oxygen atoms in total. The fourth-order valence-corrected chi connectivity index (χ4v) is 2.12. The number of carbonyl (C=O) groups excluding carboxylic acids is 1. The van der Waals surface area contributed by atoms with Crippen molar-refractivity contribution >= 4 is 32.8 Å². The van der Waals surface area contributed by atoms with Crippen LogP contribution in [-0.2, 0) is 4.74 Å². The number of carbonyl (C=O) groups is 1. The zero-order chi connectivity index (χ0) is 12.6. The molecule has 0 aliphatic carbocycles. The number of ether oxygens (including phenoxy) is 1. The van der Waals surface area contributed by atoms with E-state index >= 15 is 0 Å². The van der Waals surface area contributed by atoms with Crippen molar-refractivity contribution in [1.29, 1.82) is 0 Å². The van der Waals surface area contributed by atoms with Crippen molar-refractivity contribution in [1.82, 2.24) is 4.98 Å². The number of aromatic nitrogens is 1. The van der Waals surface area contributed by atoms with Gasteiger partial charge in [0.15, 0.2) is 0 Å². The van der Waals surface area contributed by atoms with Crippen molar-refractivity contribution < 1.29 is 14.6 Å². The summed E-state index contributed by atoms with van der Waals surface area (Å²) in [7, 11) is 1.31. The Morgan fingerprint density at radius 1 is 1.41 bits per heavy atom. The maximum Gasteiger partial charge on any atom is 0.340 e. The molecule has 0 bridgehead atoms. The largest absolute Gasteiger partial charge is 0.507 e. The number of fused-ring (bicyclic) bond motifs is 1. The van der Waals surface area contributed by atoms with E-state index in [0.29, 0.717) is 26.6 Å². The van der Waals surface area contributed by atoms with Crippen LogP contribution in [0.25, 0.3) is 10.9 Å². The van der Waals surface area contributed by atoms with E-state index in [0.717, 1.165) is 0 Å². The minimum atomic E-state index is -0.478. The Hall–Kier alpha value is -1.62. The van der Waals surface area contributed by atoms with Crippen LogP contribution in [0.2, 0.25) is 0 Å². The molecule has 0 aliphatic rings. The van der Waals surface area contributed by atoms with Gasteiger partial charge in [-0.15, -0.1) is 0 Å². The van der Waals surface area contributed by atoms with Gasteiger partial charge in [-0.1, -0.05) is 15.9 Å². The van der Waals surface area contributed by atoms with E-state index in [9.17, 15) is 9.90 Å². The van der Waals surface area contributed by atoms with Crippen LogP contribution in [-0.4, -0.2) is 23.2 Å². The lowest BCUT2D eigenvalue weighted by atomic mass is 10.1. The van der Waals surface area contributed by atoms with E-state index in [2.05, 4.69) is 20.9 Å². The van der Waals surface area contributed by atoms with Crippen LogP contribution < -0.4 is 0 Å². The van der Waals surface area contributed by atoms with E-state index < -0.39 is 5.97 Å². The number of aromatic hydroxyl groups is 1. The number of nitrogens with zero attached hydrogens (tertiary/aromatic N) is 1. The van der Waals surface area contributed by atoms with Crippen LogP contribution in [0.15, 0.2) is 22.7 Å². The molecule has 2 aromatic rings. The Morgan fingerprint density at radius 2 is 2.12 bits per heavy atom. The molecule has 0 spiro atoms. The minimum Gasteiger partial charge on any atom is -0.507 e. The first-order valence-corrected chi connectivity index (χ1v) is 5.70. The molecule has 1 heterocycles. The standard InChI is InChI=1S/C12H10BrNO3/c1-6-3-10(15)8-4-7(13)5-9(11(8)14-6)12(16)17-2/h3-5H,1-2H3,(H,14,15). The highest BCUT2D eigenvalue weighted by Gasteiger charge is 2.15. The van der Waals surface area contributed by atoms with Crippen molar-refractivity contribution in [3.05, 3.63) is 33.9 Å². The minimum absolute atomic E-state index is 0.0963. The van der Waals surface area contributed by atoms with Gasteiger partial charge < -0.3 is 9.84 Å². The molecule has 1 N–H and O–H groups in total. The Morgan fingerprint density at radius 3 is 2.76 bits per heavy atom. The van der Waals surface area contributed by atoms with E-state index in [4.69, 9.17) is 4.74 Å². The molecule has 0 unspecified atom stereocenters. The SMILES string of the molecule is COC(=O)c1cc(Br)cc2c(O)cc(C)nc12. The monoisotopic (exact) mass is 295 g/mol. The number of benzene rings is 1. The third-order valence-corrected chi connectivity index (χ3v) is 2.85. The summed E-state index contributed by atoms with van der Waals surface area (Å²) in [5.74, 6) is -0.382. The highest BCUT2D eigenvalue weighted by Crippen LogP contribution is 2.30. The van der Waals surface area contributed by atoms with Crippen LogP contribution in [0.3, 0.4) is 0 Å². The summed E-state index contributed by atoms with van der Waals surface area (Å²) in [6, 6.07) is 4.89. The van der Waals surface area contributed by atoms with E-state index in [1.165, 1.54) is 7.11 Å². The maximum atomic E-state index is 11.6. The molecular weight excluding hydrogens is 286 g/mol. The molecule has 88 valence electrons. The van der Waals surface area contributed by atoms with E-state index in [-0.39, 0.29) is 5.75 Å². The van der Waals surface area contributed by atoms with Gasteiger partial charge in [-0.25, -0.2) is 4.79 Å². The molecule has 0 atom stereocenters. The molecule has 17 heavy (non-hydrogen) atoms. The molecule has 0 saturated heterocycles. The Labute approximate surface area is 106 Å². The summed E-state index contributed by atoms with van der Waals surface area (Å²) in [6.07, 6.45) is 0. The third-order valence-electron chi connectivity index (χ3n) is 2.39. The number of hydrogen-bond donors (Lipinski definition) is 1. The lowest BCUT2D eigenvalue weighted by molar-refractivity contribution is 0.0602. The first kappa shape index (κ1) is 11.9. The number of esters is 1. The molecule has 1 aromatic heterocycles. The van der Waals surface area contributed by atoms with Gasteiger partial charge in [0.05, 0.1) is 18.2 Å². The van der Waals surface area contributed by atoms with Crippen LogP contribution in [0.4, 0.5) is 0 Å². The highest BCUT2D eigenvalue weighted by molar-refractivity contribution is 9.10. The Bertz CT molecular complexity index is 610. The lowest BCUT2D eigenvalue weighted by Crippen LogP contribution is -2.03. The Balaban J connectivity index is 2.87. The van der Waals surface area contributed by atoms with Gasteiger partial charge >= 0.3 is 5.97 Å². The molecule has 0 aliphatic heterocycles. The topological polar surface area (TPSA) is 59.4 Å². The van der Waals surface area contributed by atoms with Crippen LogP contribution in [0, 0.1) is 6.92 Å². The first-order valence-electron chi connectivity index (χ1n) is 4.91. The quantitative estimate of drug-likeness (QED) is 0.822. The van der Waals surface area contributed by atoms with Crippen molar-refractivity contribution in [2.45, 2.75) is 6.92 Å². The second kappa shape index (κ2) is 4.33. The average molecular weight is 296 g/mol. The molecule has 5 heteroatoms. The summed E-state index contributed by atoms with van der Waals surface area (Å²) in [5.41, 5.74) is 1.41. The van der Waals surface area contributed by atoms with Gasteiger partial charge in [0.1, 0.15) is 5.75 Å². The van der Waals surface area contributed by atoms with Crippen LogP contribution >= 0.6 is 15.9 Å². The first-order chi connectivity index (χ1) is 8.02. The zero-order valence-corrected chi connectivity index (χ0v) is 10.9. The Kier molecular flexibility index (Phi) is 3.02. The molecule has 0 fully saturated rings. The molecule has 0 amide bonds. The van der Waals surface area contributed by atoms with Crippen molar-refractivity contribution in [3.8, 4) is 5.75 Å².